The highest BCUT2D eigenvalue weighted by molar-refractivity contribution is 5.95. The molecular formula is C19H26N4O. The van der Waals surface area contributed by atoms with E-state index in [2.05, 4.69) is 41.7 Å². The van der Waals surface area contributed by atoms with Crippen molar-refractivity contribution in [1.82, 2.24) is 20.4 Å². The van der Waals surface area contributed by atoms with Crippen LogP contribution in [0.4, 0.5) is 0 Å². The monoisotopic (exact) mass is 326 g/mol. The minimum atomic E-state index is -0.00767. The van der Waals surface area contributed by atoms with Crippen molar-refractivity contribution in [3.8, 4) is 0 Å². The van der Waals surface area contributed by atoms with Gasteiger partial charge in [-0.05, 0) is 38.3 Å². The number of aromatic nitrogens is 2. The van der Waals surface area contributed by atoms with Crippen LogP contribution in [0.3, 0.4) is 0 Å². The SMILES string of the molecule is CCc1c(C(=O)NC2CCCNC2C)cnn1Cc1ccccc1. The summed E-state index contributed by atoms with van der Waals surface area (Å²) in [7, 11) is 0. The summed E-state index contributed by atoms with van der Waals surface area (Å²) in [6.07, 6.45) is 4.62. The molecule has 0 aliphatic carbocycles. The van der Waals surface area contributed by atoms with Gasteiger partial charge >= 0.3 is 0 Å². The molecule has 1 aliphatic rings. The molecule has 2 N–H and O–H groups in total. The highest BCUT2D eigenvalue weighted by Crippen LogP contribution is 2.14. The van der Waals surface area contributed by atoms with Crippen LogP contribution in [0, 0.1) is 0 Å². The van der Waals surface area contributed by atoms with Gasteiger partial charge < -0.3 is 10.6 Å². The second-order valence-electron chi connectivity index (χ2n) is 6.47. The van der Waals surface area contributed by atoms with Crippen molar-refractivity contribution in [1.29, 1.82) is 0 Å². The van der Waals surface area contributed by atoms with Crippen LogP contribution in [0.2, 0.25) is 0 Å². The maximum atomic E-state index is 12.7. The van der Waals surface area contributed by atoms with Crippen LogP contribution in [0.25, 0.3) is 0 Å². The predicted molar refractivity (Wildman–Crippen MR) is 95.1 cm³/mol. The maximum Gasteiger partial charge on any atom is 0.255 e. The molecule has 3 rings (SSSR count). The molecule has 24 heavy (non-hydrogen) atoms. The Labute approximate surface area is 143 Å². The van der Waals surface area contributed by atoms with Crippen LogP contribution < -0.4 is 10.6 Å². The molecule has 128 valence electrons. The minimum Gasteiger partial charge on any atom is -0.348 e. The Hall–Kier alpha value is -2.14. The lowest BCUT2D eigenvalue weighted by Gasteiger charge is -2.30. The zero-order chi connectivity index (χ0) is 16.9. The predicted octanol–water partition coefficient (Wildman–Crippen LogP) is 2.36. The number of nitrogens with zero attached hydrogens (tertiary/aromatic N) is 2. The second-order valence-corrected chi connectivity index (χ2v) is 6.47. The zero-order valence-corrected chi connectivity index (χ0v) is 14.5. The Morgan fingerprint density at radius 2 is 2.17 bits per heavy atom. The third kappa shape index (κ3) is 3.67. The standard InChI is InChI=1S/C19H26N4O/c1-3-18-16(19(24)22-17-10-7-11-20-14(17)2)12-21-23(18)13-15-8-5-4-6-9-15/h4-6,8-9,12,14,17,20H,3,7,10-11,13H2,1-2H3,(H,22,24). The van der Waals surface area contributed by atoms with Crippen LogP contribution in [0.15, 0.2) is 36.5 Å². The molecule has 1 amide bonds. The maximum absolute atomic E-state index is 12.7. The number of hydrogen-bond donors (Lipinski definition) is 2. The van der Waals surface area contributed by atoms with E-state index in [1.807, 2.05) is 22.9 Å². The average molecular weight is 326 g/mol. The van der Waals surface area contributed by atoms with E-state index in [0.29, 0.717) is 18.2 Å². The smallest absolute Gasteiger partial charge is 0.255 e. The summed E-state index contributed by atoms with van der Waals surface area (Å²) in [5.74, 6) is -0.00767. The van der Waals surface area contributed by atoms with E-state index in [0.717, 1.165) is 31.5 Å². The van der Waals surface area contributed by atoms with Crippen molar-refractivity contribution in [2.75, 3.05) is 6.54 Å². The van der Waals surface area contributed by atoms with Gasteiger partial charge in [0.2, 0.25) is 0 Å². The first-order chi connectivity index (χ1) is 11.7. The Kier molecular flexibility index (Phi) is 5.30. The lowest BCUT2D eigenvalue weighted by molar-refractivity contribution is 0.0918. The average Bonchev–Trinajstić information content (AvgIpc) is 3.00. The molecule has 2 aromatic rings. The summed E-state index contributed by atoms with van der Waals surface area (Å²) in [5.41, 5.74) is 2.88. The molecule has 2 unspecified atom stereocenters. The lowest BCUT2D eigenvalue weighted by Crippen LogP contribution is -2.52. The van der Waals surface area contributed by atoms with E-state index >= 15 is 0 Å². The number of rotatable bonds is 5. The van der Waals surface area contributed by atoms with Crippen LogP contribution in [-0.2, 0) is 13.0 Å². The molecule has 0 spiro atoms. The Morgan fingerprint density at radius 3 is 2.88 bits per heavy atom. The van der Waals surface area contributed by atoms with Gasteiger partial charge in [-0.15, -0.1) is 0 Å². The van der Waals surface area contributed by atoms with Gasteiger partial charge in [0.05, 0.1) is 24.0 Å². The van der Waals surface area contributed by atoms with Crippen LogP contribution in [-0.4, -0.2) is 34.3 Å². The second kappa shape index (κ2) is 7.62. The van der Waals surface area contributed by atoms with Gasteiger partial charge in [-0.3, -0.25) is 9.48 Å². The molecule has 2 heterocycles. The van der Waals surface area contributed by atoms with Crippen molar-refractivity contribution < 1.29 is 4.79 Å². The number of carbonyl (C=O) groups is 1. The fourth-order valence-corrected chi connectivity index (χ4v) is 3.35. The Balaban J connectivity index is 1.74. The molecule has 1 fully saturated rings. The number of hydrogen-bond acceptors (Lipinski definition) is 3. The summed E-state index contributed by atoms with van der Waals surface area (Å²) in [6, 6.07) is 10.7. The van der Waals surface area contributed by atoms with Crippen molar-refractivity contribution >= 4 is 5.91 Å². The van der Waals surface area contributed by atoms with Crippen molar-refractivity contribution in [3.05, 3.63) is 53.3 Å². The van der Waals surface area contributed by atoms with E-state index in [-0.39, 0.29) is 11.9 Å². The fourth-order valence-electron chi connectivity index (χ4n) is 3.35. The van der Waals surface area contributed by atoms with Crippen LogP contribution >= 0.6 is 0 Å². The fraction of sp³-hybridized carbons (Fsp3) is 0.474. The van der Waals surface area contributed by atoms with E-state index in [4.69, 9.17) is 0 Å². The quantitative estimate of drug-likeness (QED) is 0.887. The molecule has 1 aromatic carbocycles. The molecule has 1 saturated heterocycles. The first kappa shape index (κ1) is 16.7. The topological polar surface area (TPSA) is 59.0 Å². The largest absolute Gasteiger partial charge is 0.348 e. The number of carbonyl (C=O) groups excluding carboxylic acids is 1. The van der Waals surface area contributed by atoms with Gasteiger partial charge in [0, 0.05) is 12.1 Å². The van der Waals surface area contributed by atoms with Gasteiger partial charge in [-0.1, -0.05) is 37.3 Å². The van der Waals surface area contributed by atoms with Crippen LogP contribution in [0.1, 0.15) is 48.3 Å². The lowest BCUT2D eigenvalue weighted by atomic mass is 9.99. The van der Waals surface area contributed by atoms with Crippen molar-refractivity contribution in [2.45, 2.75) is 51.7 Å². The number of benzene rings is 1. The van der Waals surface area contributed by atoms with E-state index in [1.165, 1.54) is 5.56 Å². The summed E-state index contributed by atoms with van der Waals surface area (Å²) in [4.78, 5) is 12.7. The van der Waals surface area contributed by atoms with E-state index in [1.54, 1.807) is 6.20 Å². The molecule has 0 radical (unpaired) electrons. The molecule has 1 aromatic heterocycles. The molecule has 1 aliphatic heterocycles. The Morgan fingerprint density at radius 1 is 1.38 bits per heavy atom. The van der Waals surface area contributed by atoms with Gasteiger partial charge in [0.25, 0.3) is 5.91 Å². The van der Waals surface area contributed by atoms with Gasteiger partial charge in [0.1, 0.15) is 0 Å². The van der Waals surface area contributed by atoms with Crippen LogP contribution in [0.5, 0.6) is 0 Å². The van der Waals surface area contributed by atoms with Crippen molar-refractivity contribution in [2.24, 2.45) is 0 Å². The summed E-state index contributed by atoms with van der Waals surface area (Å²) in [6.45, 7) is 5.92. The first-order valence-corrected chi connectivity index (χ1v) is 8.82. The number of amides is 1. The normalized spacial score (nSPS) is 20.8. The van der Waals surface area contributed by atoms with Crippen molar-refractivity contribution in [3.63, 3.8) is 0 Å². The highest BCUT2D eigenvalue weighted by atomic mass is 16.1. The summed E-state index contributed by atoms with van der Waals surface area (Å²) >= 11 is 0. The highest BCUT2D eigenvalue weighted by Gasteiger charge is 2.25. The minimum absolute atomic E-state index is 0.00767. The first-order valence-electron chi connectivity index (χ1n) is 8.82. The van der Waals surface area contributed by atoms with Gasteiger partial charge in [-0.2, -0.15) is 5.10 Å². The number of nitrogens with one attached hydrogen (secondary N) is 2. The molecular weight excluding hydrogens is 300 g/mol. The zero-order valence-electron chi connectivity index (χ0n) is 14.5. The number of piperidine rings is 1. The molecule has 2 atom stereocenters. The molecule has 5 nitrogen and oxygen atoms in total. The summed E-state index contributed by atoms with van der Waals surface area (Å²) in [5, 5.41) is 11.1. The Bertz CT molecular complexity index is 680. The third-order valence-corrected chi connectivity index (χ3v) is 4.78. The van der Waals surface area contributed by atoms with Gasteiger partial charge in [-0.25, -0.2) is 0 Å². The summed E-state index contributed by atoms with van der Waals surface area (Å²) < 4.78 is 1.94. The van der Waals surface area contributed by atoms with Gasteiger partial charge in [0.15, 0.2) is 0 Å². The third-order valence-electron chi connectivity index (χ3n) is 4.78. The molecule has 0 bridgehead atoms. The molecule has 5 heteroatoms. The van der Waals surface area contributed by atoms with E-state index < -0.39 is 0 Å². The van der Waals surface area contributed by atoms with E-state index in [9.17, 15) is 4.79 Å². The molecule has 0 saturated carbocycles.